The number of nitrogens with zero attached hydrogens (tertiary/aromatic N) is 1. The summed E-state index contributed by atoms with van der Waals surface area (Å²) in [4.78, 5) is 26.7. The summed E-state index contributed by atoms with van der Waals surface area (Å²) >= 11 is 1.72. The fraction of sp³-hybridized carbons (Fsp3) is 0.538. The van der Waals surface area contributed by atoms with Crippen molar-refractivity contribution < 1.29 is 14.7 Å². The van der Waals surface area contributed by atoms with Gasteiger partial charge in [0.1, 0.15) is 5.41 Å². The Hall–Kier alpha value is -1.36. The van der Waals surface area contributed by atoms with Gasteiger partial charge in [-0.1, -0.05) is 0 Å². The lowest BCUT2D eigenvalue weighted by atomic mass is 9.97. The van der Waals surface area contributed by atoms with Crippen LogP contribution in [0, 0.1) is 5.41 Å². The molecule has 0 radical (unpaired) electrons. The highest BCUT2D eigenvalue weighted by Gasteiger charge is 2.59. The number of rotatable bonds is 2. The van der Waals surface area contributed by atoms with Crippen LogP contribution in [0.1, 0.15) is 36.2 Å². The lowest BCUT2D eigenvalue weighted by Gasteiger charge is -2.35. The molecule has 2 heterocycles. The van der Waals surface area contributed by atoms with Gasteiger partial charge in [0.25, 0.3) is 0 Å². The number of hydrogen-bond donors (Lipinski definition) is 1. The summed E-state index contributed by atoms with van der Waals surface area (Å²) in [5.41, 5.74) is 0.0719. The van der Waals surface area contributed by atoms with Crippen LogP contribution in [-0.2, 0) is 16.0 Å². The van der Waals surface area contributed by atoms with Crippen LogP contribution in [0.15, 0.2) is 11.4 Å². The molecule has 96 valence electrons. The average Bonchev–Trinajstić information content (AvgIpc) is 3.02. The number of aliphatic carboxylic acids is 1. The van der Waals surface area contributed by atoms with Crippen molar-refractivity contribution in [1.29, 1.82) is 0 Å². The Balaban J connectivity index is 1.87. The molecule has 1 fully saturated rings. The zero-order valence-corrected chi connectivity index (χ0v) is 11.0. The van der Waals surface area contributed by atoms with Gasteiger partial charge in [0.05, 0.1) is 6.04 Å². The molecule has 2 aliphatic rings. The third kappa shape index (κ3) is 1.50. The van der Waals surface area contributed by atoms with Crippen molar-refractivity contribution in [2.24, 2.45) is 5.41 Å². The van der Waals surface area contributed by atoms with Crippen LogP contribution in [0.2, 0.25) is 0 Å². The van der Waals surface area contributed by atoms with Crippen LogP contribution in [0.25, 0.3) is 0 Å². The van der Waals surface area contributed by atoms with Gasteiger partial charge in [-0.15, -0.1) is 11.3 Å². The molecule has 1 aromatic rings. The molecule has 1 aliphatic heterocycles. The van der Waals surface area contributed by atoms with Crippen LogP contribution in [0.4, 0.5) is 0 Å². The molecule has 1 aromatic heterocycles. The summed E-state index contributed by atoms with van der Waals surface area (Å²) in [5, 5.41) is 11.2. The molecular formula is C13H15NO3S. The summed E-state index contributed by atoms with van der Waals surface area (Å²) in [6, 6.07) is 2.05. The van der Waals surface area contributed by atoms with E-state index in [0.717, 1.165) is 6.42 Å². The van der Waals surface area contributed by atoms with Crippen molar-refractivity contribution in [3.05, 3.63) is 21.9 Å². The van der Waals surface area contributed by atoms with Gasteiger partial charge in [-0.2, -0.15) is 0 Å². The number of carboxylic acid groups (broad SMARTS) is 1. The highest BCUT2D eigenvalue weighted by atomic mass is 32.1. The van der Waals surface area contributed by atoms with Crippen LogP contribution >= 0.6 is 11.3 Å². The predicted molar refractivity (Wildman–Crippen MR) is 67.5 cm³/mol. The SMILES string of the molecule is CC1c2ccsc2CCN1C(=O)C1(C(=O)O)CC1. The molecule has 1 amide bonds. The Morgan fingerprint density at radius 1 is 1.50 bits per heavy atom. The first kappa shape index (κ1) is 11.7. The molecule has 1 aliphatic carbocycles. The van der Waals surface area contributed by atoms with Gasteiger partial charge in [-0.3, -0.25) is 9.59 Å². The van der Waals surface area contributed by atoms with Crippen molar-refractivity contribution in [1.82, 2.24) is 4.90 Å². The number of carbonyl (C=O) groups is 2. The van der Waals surface area contributed by atoms with Gasteiger partial charge in [-0.05, 0) is 43.2 Å². The first-order valence-electron chi connectivity index (χ1n) is 6.17. The smallest absolute Gasteiger partial charge is 0.319 e. The number of fused-ring (bicyclic) bond motifs is 1. The van der Waals surface area contributed by atoms with E-state index in [1.807, 2.05) is 18.4 Å². The second-order valence-electron chi connectivity index (χ2n) is 5.11. The maximum atomic E-state index is 12.4. The zero-order valence-electron chi connectivity index (χ0n) is 10.2. The molecule has 0 spiro atoms. The largest absolute Gasteiger partial charge is 0.480 e. The van der Waals surface area contributed by atoms with Crippen LogP contribution < -0.4 is 0 Å². The number of carboxylic acids is 1. The number of amides is 1. The fourth-order valence-corrected chi connectivity index (χ4v) is 3.67. The Kier molecular flexibility index (Phi) is 2.48. The van der Waals surface area contributed by atoms with E-state index in [9.17, 15) is 14.7 Å². The third-order valence-corrected chi connectivity index (χ3v) is 5.10. The summed E-state index contributed by atoms with van der Waals surface area (Å²) in [7, 11) is 0. The van der Waals surface area contributed by atoms with E-state index in [-0.39, 0.29) is 11.9 Å². The summed E-state index contributed by atoms with van der Waals surface area (Å²) in [6.45, 7) is 2.63. The number of carbonyl (C=O) groups excluding carboxylic acids is 1. The third-order valence-electron chi connectivity index (χ3n) is 4.11. The predicted octanol–water partition coefficient (Wildman–Crippen LogP) is 2.06. The summed E-state index contributed by atoms with van der Waals surface area (Å²) < 4.78 is 0. The minimum atomic E-state index is -1.11. The zero-order chi connectivity index (χ0) is 12.9. The average molecular weight is 265 g/mol. The second kappa shape index (κ2) is 3.82. The van der Waals surface area contributed by atoms with Gasteiger partial charge in [0, 0.05) is 11.4 Å². The molecule has 1 unspecified atom stereocenters. The first-order chi connectivity index (χ1) is 8.56. The minimum Gasteiger partial charge on any atom is -0.480 e. The Morgan fingerprint density at radius 3 is 2.83 bits per heavy atom. The highest BCUT2D eigenvalue weighted by Crippen LogP contribution is 2.49. The van der Waals surface area contributed by atoms with Gasteiger partial charge >= 0.3 is 5.97 Å². The van der Waals surface area contributed by atoms with E-state index in [0.29, 0.717) is 19.4 Å². The molecule has 0 aromatic carbocycles. The standard InChI is InChI=1S/C13H15NO3S/c1-8-9-3-7-18-10(9)2-6-14(8)11(15)13(4-5-13)12(16)17/h3,7-8H,2,4-6H2,1H3,(H,16,17). The van der Waals surface area contributed by atoms with Crippen molar-refractivity contribution in [2.45, 2.75) is 32.2 Å². The van der Waals surface area contributed by atoms with E-state index in [4.69, 9.17) is 0 Å². The van der Waals surface area contributed by atoms with Crippen molar-refractivity contribution in [3.8, 4) is 0 Å². The Morgan fingerprint density at radius 2 is 2.22 bits per heavy atom. The fourth-order valence-electron chi connectivity index (χ4n) is 2.71. The molecule has 1 saturated carbocycles. The molecule has 18 heavy (non-hydrogen) atoms. The maximum Gasteiger partial charge on any atom is 0.319 e. The Labute approximate surface area is 109 Å². The summed E-state index contributed by atoms with van der Waals surface area (Å²) in [6.07, 6.45) is 1.82. The molecular weight excluding hydrogens is 250 g/mol. The molecule has 4 nitrogen and oxygen atoms in total. The van der Waals surface area contributed by atoms with Gasteiger partial charge in [0.15, 0.2) is 0 Å². The molecule has 3 rings (SSSR count). The normalized spacial score (nSPS) is 24.5. The Bertz CT molecular complexity index is 518. The molecule has 0 saturated heterocycles. The number of thiophene rings is 1. The molecule has 5 heteroatoms. The van der Waals surface area contributed by atoms with Crippen molar-refractivity contribution >= 4 is 23.2 Å². The van der Waals surface area contributed by atoms with Crippen LogP contribution in [-0.4, -0.2) is 28.4 Å². The quantitative estimate of drug-likeness (QED) is 0.833. The van der Waals surface area contributed by atoms with Crippen LogP contribution in [0.5, 0.6) is 0 Å². The topological polar surface area (TPSA) is 57.6 Å². The van der Waals surface area contributed by atoms with E-state index in [1.54, 1.807) is 16.2 Å². The first-order valence-corrected chi connectivity index (χ1v) is 7.05. The van der Waals surface area contributed by atoms with E-state index < -0.39 is 11.4 Å². The summed E-state index contributed by atoms with van der Waals surface area (Å²) in [5.74, 6) is -1.16. The highest BCUT2D eigenvalue weighted by molar-refractivity contribution is 7.10. The van der Waals surface area contributed by atoms with E-state index >= 15 is 0 Å². The molecule has 0 bridgehead atoms. The van der Waals surface area contributed by atoms with Gasteiger partial charge < -0.3 is 10.0 Å². The monoisotopic (exact) mass is 265 g/mol. The van der Waals surface area contributed by atoms with E-state index in [2.05, 4.69) is 0 Å². The second-order valence-corrected chi connectivity index (χ2v) is 6.11. The minimum absolute atomic E-state index is 0.00400. The van der Waals surface area contributed by atoms with Crippen molar-refractivity contribution in [3.63, 3.8) is 0 Å². The lowest BCUT2D eigenvalue weighted by Crippen LogP contribution is -2.45. The van der Waals surface area contributed by atoms with Gasteiger partial charge in [0.2, 0.25) is 5.91 Å². The molecule has 1 atom stereocenters. The lowest BCUT2D eigenvalue weighted by molar-refractivity contribution is -0.154. The maximum absolute atomic E-state index is 12.4. The number of hydrogen-bond acceptors (Lipinski definition) is 3. The van der Waals surface area contributed by atoms with E-state index in [1.165, 1.54) is 10.4 Å². The van der Waals surface area contributed by atoms with Crippen LogP contribution in [0.3, 0.4) is 0 Å². The molecule has 1 N–H and O–H groups in total. The van der Waals surface area contributed by atoms with Crippen molar-refractivity contribution in [2.75, 3.05) is 6.54 Å². The van der Waals surface area contributed by atoms with Gasteiger partial charge in [-0.25, -0.2) is 0 Å².